The molecule has 4 aromatic carbocycles. The Kier molecular flexibility index (Phi) is 9.83. The van der Waals surface area contributed by atoms with Gasteiger partial charge in [0.1, 0.15) is 0 Å². The Hall–Kier alpha value is -8.66. The van der Waals surface area contributed by atoms with Crippen molar-refractivity contribution in [1.82, 2.24) is 49.0 Å². The number of hydrogen-bond donors (Lipinski definition) is 6. The van der Waals surface area contributed by atoms with Crippen molar-refractivity contribution < 1.29 is 0 Å². The van der Waals surface area contributed by atoms with E-state index in [2.05, 4.69) is 90.6 Å². The van der Waals surface area contributed by atoms with Crippen molar-refractivity contribution in [2.45, 2.75) is 51.6 Å². The van der Waals surface area contributed by atoms with E-state index in [1.54, 1.807) is 0 Å². The van der Waals surface area contributed by atoms with Gasteiger partial charge in [-0.05, 0) is 50.7 Å². The summed E-state index contributed by atoms with van der Waals surface area (Å²) >= 11 is 0. The van der Waals surface area contributed by atoms with E-state index in [0.29, 0.717) is 38.5 Å². The number of nitrogens with one attached hydrogen (secondary N) is 6. The predicted octanol–water partition coefficient (Wildman–Crippen LogP) is 6.41. The smallest absolute Gasteiger partial charge is 0.333 e. The Morgan fingerprint density at radius 1 is 0.394 bits per heavy atom. The Morgan fingerprint density at radius 3 is 1.14 bits per heavy atom. The largest absolute Gasteiger partial charge is 0.354 e. The zero-order valence-electron chi connectivity index (χ0n) is 35.3. The molecule has 0 atom stereocenters. The molecule has 0 saturated carbocycles. The van der Waals surface area contributed by atoms with Gasteiger partial charge in [-0.25, -0.2) is 47.9 Å². The summed E-state index contributed by atoms with van der Waals surface area (Å²) in [5.74, 6) is 0. The van der Waals surface area contributed by atoms with E-state index in [1.165, 1.54) is 0 Å². The van der Waals surface area contributed by atoms with Gasteiger partial charge in [-0.2, -0.15) is 0 Å². The molecule has 9 aromatic rings. The first-order valence-electron chi connectivity index (χ1n) is 21.8. The van der Waals surface area contributed by atoms with Crippen molar-refractivity contribution in [3.8, 4) is 45.0 Å². The fraction of sp³-hybridized carbons (Fsp3) is 0.160. The average molecular weight is 877 g/mol. The van der Waals surface area contributed by atoms with Gasteiger partial charge in [0, 0.05) is 79.0 Å². The minimum absolute atomic E-state index is 0.116. The molecule has 7 heterocycles. The van der Waals surface area contributed by atoms with Gasteiger partial charge in [0.2, 0.25) is 0 Å². The molecule has 0 unspecified atom stereocenters. The summed E-state index contributed by atoms with van der Waals surface area (Å²) in [6, 6.07) is 37.0. The van der Waals surface area contributed by atoms with Crippen molar-refractivity contribution in [3.05, 3.63) is 183 Å². The zero-order chi connectivity index (χ0) is 45.1. The summed E-state index contributed by atoms with van der Waals surface area (Å²) in [5.41, 5.74) is 7.82. The van der Waals surface area contributed by atoms with E-state index in [4.69, 9.17) is 9.97 Å². The Labute approximate surface area is 371 Å². The molecule has 16 heteroatoms. The van der Waals surface area contributed by atoms with Crippen LogP contribution in [0.5, 0.6) is 0 Å². The molecule has 66 heavy (non-hydrogen) atoms. The third-order valence-electron chi connectivity index (χ3n) is 12.6. The molecule has 16 nitrogen and oxygen atoms in total. The standard InChI is InChI=1S/C50H40N10O6/c61-45-55-47(63)59(48(64)56-45)23-11-9-21-35-41-31-17-5-1-13-27(31)37(51-41)25-38-28-14-2-6-18-32(28)43(52-38)36(22-10-12-24-60-49(65)57-46(62)58-50(60)66)44-34-20-8-4-16-30(34)40(54-44)26-39-29-15-3-7-19-33(29)42(35)53-39/h1-8,13-20,25-26,51,54H,9-12,21-24H2,(H2,55,56,61,63,64)(H2,57,58,62,65,66). The summed E-state index contributed by atoms with van der Waals surface area (Å²) in [6.45, 7) is 0.232. The first kappa shape index (κ1) is 40.1. The highest BCUT2D eigenvalue weighted by Gasteiger charge is 2.24. The van der Waals surface area contributed by atoms with Crippen LogP contribution < -0.4 is 34.1 Å². The highest BCUT2D eigenvalue weighted by Crippen LogP contribution is 2.43. The zero-order valence-corrected chi connectivity index (χ0v) is 35.3. The number of aromatic amines is 6. The fourth-order valence-corrected chi connectivity index (χ4v) is 9.55. The number of aryl methyl sites for hydroxylation is 2. The average Bonchev–Trinajstić information content (AvgIpc) is 4.07. The predicted molar refractivity (Wildman–Crippen MR) is 255 cm³/mol. The van der Waals surface area contributed by atoms with Crippen LogP contribution in [0.1, 0.15) is 36.8 Å². The maximum absolute atomic E-state index is 12.6. The topological polar surface area (TPSA) is 233 Å². The summed E-state index contributed by atoms with van der Waals surface area (Å²) in [5, 5.41) is 3.98. The number of nitrogens with zero attached hydrogens (tertiary/aromatic N) is 4. The minimum Gasteiger partial charge on any atom is -0.354 e. The van der Waals surface area contributed by atoms with Gasteiger partial charge in [-0.1, -0.05) is 97.1 Å². The molecule has 0 fully saturated rings. The third kappa shape index (κ3) is 6.95. The first-order chi connectivity index (χ1) is 32.2. The van der Waals surface area contributed by atoms with E-state index in [9.17, 15) is 28.8 Å². The molecular weight excluding hydrogens is 837 g/mol. The van der Waals surface area contributed by atoms with Crippen molar-refractivity contribution >= 4 is 43.6 Å². The van der Waals surface area contributed by atoms with E-state index in [-0.39, 0.29) is 13.1 Å². The van der Waals surface area contributed by atoms with Crippen LogP contribution in [0, 0.1) is 0 Å². The van der Waals surface area contributed by atoms with Crippen LogP contribution in [0.3, 0.4) is 0 Å². The number of benzene rings is 4. The van der Waals surface area contributed by atoms with E-state index < -0.39 is 34.1 Å². The normalized spacial score (nSPS) is 11.9. The lowest BCUT2D eigenvalue weighted by Crippen LogP contribution is -2.43. The van der Waals surface area contributed by atoms with Gasteiger partial charge in [-0.15, -0.1) is 0 Å². The monoisotopic (exact) mass is 876 g/mol. The lowest BCUT2D eigenvalue weighted by atomic mass is 9.97. The van der Waals surface area contributed by atoms with Crippen LogP contribution in [0.4, 0.5) is 0 Å². The number of aromatic nitrogens is 10. The van der Waals surface area contributed by atoms with Gasteiger partial charge in [0.05, 0.1) is 33.8 Å². The molecule has 0 spiro atoms. The van der Waals surface area contributed by atoms with E-state index in [1.807, 2.05) is 48.5 Å². The lowest BCUT2D eigenvalue weighted by molar-refractivity contribution is 0.548. The lowest BCUT2D eigenvalue weighted by Gasteiger charge is -2.08. The third-order valence-corrected chi connectivity index (χ3v) is 12.6. The number of hydrogen-bond acceptors (Lipinski definition) is 8. The summed E-state index contributed by atoms with van der Waals surface area (Å²) in [7, 11) is 0. The molecular formula is C50H40N10O6. The summed E-state index contributed by atoms with van der Waals surface area (Å²) in [4.78, 5) is 101. The van der Waals surface area contributed by atoms with Gasteiger partial charge in [-0.3, -0.25) is 19.9 Å². The Balaban J connectivity index is 1.16. The number of H-pyrrole nitrogens is 6. The van der Waals surface area contributed by atoms with E-state index >= 15 is 0 Å². The summed E-state index contributed by atoms with van der Waals surface area (Å²) in [6.07, 6.45) is 3.21. The van der Waals surface area contributed by atoms with Gasteiger partial charge in [0.15, 0.2) is 0 Å². The van der Waals surface area contributed by atoms with Gasteiger partial charge in [0.25, 0.3) is 0 Å². The van der Waals surface area contributed by atoms with Crippen molar-refractivity contribution in [2.75, 3.05) is 0 Å². The Morgan fingerprint density at radius 2 is 0.742 bits per heavy atom. The number of fused-ring (bicyclic) bond motifs is 20. The Bertz CT molecular complexity index is 3680. The maximum atomic E-state index is 12.6. The number of unbranched alkanes of at least 4 members (excludes halogenated alkanes) is 2. The second-order valence-corrected chi connectivity index (χ2v) is 16.5. The van der Waals surface area contributed by atoms with Crippen LogP contribution >= 0.6 is 0 Å². The quantitative estimate of drug-likeness (QED) is 0.0839. The molecule has 326 valence electrons. The molecule has 0 saturated heterocycles. The fourth-order valence-electron chi connectivity index (χ4n) is 9.55. The second kappa shape index (κ2) is 16.2. The van der Waals surface area contributed by atoms with Crippen molar-refractivity contribution in [3.63, 3.8) is 0 Å². The van der Waals surface area contributed by atoms with Crippen molar-refractivity contribution in [1.29, 1.82) is 0 Å². The SMILES string of the molecule is O=c1[nH]c(=O)n(CCCCc2c3nc(cc4[nH]c(c(CCCCn5c(=O)[nH]c(=O)[nH]c5=O)c5nc(cc6[nH]c2c2ccccc62)-c2ccccc2-5)c2ccccc42)-c2ccccc2-3)c(=O)[nH]1. The molecule has 0 aliphatic carbocycles. The second-order valence-electron chi connectivity index (χ2n) is 16.5. The molecule has 5 aromatic heterocycles. The minimum atomic E-state index is -0.838. The van der Waals surface area contributed by atoms with E-state index in [0.717, 1.165) is 109 Å². The van der Waals surface area contributed by atoms with Crippen LogP contribution in [0.25, 0.3) is 88.6 Å². The van der Waals surface area contributed by atoms with Crippen molar-refractivity contribution in [2.24, 2.45) is 0 Å². The van der Waals surface area contributed by atoms with Gasteiger partial charge >= 0.3 is 34.1 Å². The molecule has 2 aliphatic heterocycles. The number of rotatable bonds is 10. The molecule has 8 bridgehead atoms. The van der Waals surface area contributed by atoms with Crippen LogP contribution in [-0.4, -0.2) is 49.0 Å². The van der Waals surface area contributed by atoms with Crippen LogP contribution in [0.15, 0.2) is 138 Å². The van der Waals surface area contributed by atoms with Crippen LogP contribution in [-0.2, 0) is 25.9 Å². The summed E-state index contributed by atoms with van der Waals surface area (Å²) < 4.78 is 2.02. The molecule has 6 N–H and O–H groups in total. The highest BCUT2D eigenvalue weighted by atomic mass is 16.2. The maximum Gasteiger partial charge on any atom is 0.333 e. The highest BCUT2D eigenvalue weighted by molar-refractivity contribution is 6.11. The van der Waals surface area contributed by atoms with Gasteiger partial charge < -0.3 is 9.97 Å². The molecule has 0 amide bonds. The molecule has 11 rings (SSSR count). The molecule has 2 aliphatic rings. The first-order valence-corrected chi connectivity index (χ1v) is 21.8. The van der Waals surface area contributed by atoms with Crippen LogP contribution in [0.2, 0.25) is 0 Å². The molecule has 0 radical (unpaired) electrons.